The van der Waals surface area contributed by atoms with E-state index in [0.29, 0.717) is 5.75 Å². The summed E-state index contributed by atoms with van der Waals surface area (Å²) in [5.74, 6) is 6.43. The van der Waals surface area contributed by atoms with Gasteiger partial charge < -0.3 is 9.64 Å². The van der Waals surface area contributed by atoms with Crippen LogP contribution in [0.1, 0.15) is 17.3 Å². The maximum absolute atomic E-state index is 5.74. The molecule has 0 spiro atoms. The molecule has 0 aromatic carbocycles. The molecule has 2 heterocycles. The maximum atomic E-state index is 5.74. The fourth-order valence-corrected chi connectivity index (χ4v) is 2.10. The number of nitrogens with one attached hydrogen (secondary N) is 1. The second kappa shape index (κ2) is 7.11. The molecule has 2 aromatic heterocycles. The summed E-state index contributed by atoms with van der Waals surface area (Å²) in [5.41, 5.74) is 4.57. The van der Waals surface area contributed by atoms with Gasteiger partial charge in [-0.05, 0) is 25.7 Å². The van der Waals surface area contributed by atoms with Crippen LogP contribution in [0.25, 0.3) is 0 Å². The van der Waals surface area contributed by atoms with E-state index >= 15 is 0 Å². The van der Waals surface area contributed by atoms with E-state index in [1.165, 1.54) is 0 Å². The highest BCUT2D eigenvalue weighted by Gasteiger charge is 2.23. The van der Waals surface area contributed by atoms with E-state index in [0.717, 1.165) is 24.3 Å². The van der Waals surface area contributed by atoms with Crippen LogP contribution in [0, 0.1) is 0 Å². The Hall–Kier alpha value is -2.03. The monoisotopic (exact) mass is 291 g/mol. The summed E-state index contributed by atoms with van der Waals surface area (Å²) in [6.07, 6.45) is 5.00. The molecule has 0 saturated heterocycles. The molecular formula is C13H21N7O. The lowest BCUT2D eigenvalue weighted by molar-refractivity contribution is 0.359. The third-order valence-corrected chi connectivity index (χ3v) is 3.20. The van der Waals surface area contributed by atoms with Crippen LogP contribution in [-0.2, 0) is 6.54 Å². The zero-order valence-corrected chi connectivity index (χ0v) is 12.5. The third kappa shape index (κ3) is 3.54. The minimum Gasteiger partial charge on any atom is -0.493 e. The lowest BCUT2D eigenvalue weighted by Gasteiger charge is -2.20. The summed E-state index contributed by atoms with van der Waals surface area (Å²) in [5, 5.41) is 12.1. The van der Waals surface area contributed by atoms with Gasteiger partial charge in [0.2, 0.25) is 0 Å². The zero-order chi connectivity index (χ0) is 15.2. The Bertz CT molecular complexity index is 555. The van der Waals surface area contributed by atoms with Gasteiger partial charge >= 0.3 is 0 Å². The van der Waals surface area contributed by atoms with Gasteiger partial charge in [0.05, 0.1) is 32.1 Å². The molecule has 0 amide bonds. The molecule has 0 fully saturated rings. The summed E-state index contributed by atoms with van der Waals surface area (Å²) in [4.78, 5) is 2.09. The number of hydrogen-bond donors (Lipinski definition) is 2. The van der Waals surface area contributed by atoms with Crippen LogP contribution in [-0.4, -0.2) is 52.6 Å². The second-order valence-corrected chi connectivity index (χ2v) is 4.90. The lowest BCUT2D eigenvalue weighted by atomic mass is 10.1. The highest BCUT2D eigenvalue weighted by atomic mass is 16.5. The standard InChI is InChI=1S/C13H21N7O/c1-19(2)6-7-20-13(11(21-3)9-17-20)12(18-14)10-4-5-15-16-8-10/h4-5,8-9,12,18H,6-7,14H2,1-3H3. The van der Waals surface area contributed by atoms with Crippen LogP contribution < -0.4 is 16.0 Å². The van der Waals surface area contributed by atoms with Crippen LogP contribution in [0.4, 0.5) is 0 Å². The van der Waals surface area contributed by atoms with E-state index in [-0.39, 0.29) is 6.04 Å². The number of methoxy groups -OCH3 is 1. The summed E-state index contributed by atoms with van der Waals surface area (Å²) >= 11 is 0. The van der Waals surface area contributed by atoms with Crippen molar-refractivity contribution in [2.45, 2.75) is 12.6 Å². The fourth-order valence-electron chi connectivity index (χ4n) is 2.10. The van der Waals surface area contributed by atoms with Gasteiger partial charge in [0.1, 0.15) is 5.69 Å². The number of aromatic nitrogens is 4. The number of hydrazine groups is 1. The molecule has 1 atom stereocenters. The SMILES string of the molecule is COc1cnn(CCN(C)C)c1C(NN)c1ccnnc1. The molecule has 3 N–H and O–H groups in total. The first-order valence-electron chi connectivity index (χ1n) is 6.64. The molecule has 2 rings (SSSR count). The summed E-state index contributed by atoms with van der Waals surface area (Å²) in [7, 11) is 5.66. The molecule has 21 heavy (non-hydrogen) atoms. The van der Waals surface area contributed by atoms with Crippen LogP contribution in [0.3, 0.4) is 0 Å². The summed E-state index contributed by atoms with van der Waals surface area (Å²) < 4.78 is 7.30. The van der Waals surface area contributed by atoms with Gasteiger partial charge in [-0.15, -0.1) is 0 Å². The molecule has 0 bridgehead atoms. The number of nitrogens with two attached hydrogens (primary N) is 1. The first-order chi connectivity index (χ1) is 10.2. The number of rotatable bonds is 7. The Morgan fingerprint density at radius 2 is 2.19 bits per heavy atom. The van der Waals surface area contributed by atoms with Crippen molar-refractivity contribution in [1.29, 1.82) is 0 Å². The van der Waals surface area contributed by atoms with Crippen molar-refractivity contribution >= 4 is 0 Å². The predicted molar refractivity (Wildman–Crippen MR) is 78.5 cm³/mol. The van der Waals surface area contributed by atoms with E-state index < -0.39 is 0 Å². The summed E-state index contributed by atoms with van der Waals surface area (Å²) in [6, 6.07) is 1.60. The van der Waals surface area contributed by atoms with Gasteiger partial charge in [-0.1, -0.05) is 0 Å². The van der Waals surface area contributed by atoms with Gasteiger partial charge in [-0.2, -0.15) is 15.3 Å². The molecule has 0 aliphatic rings. The average molecular weight is 291 g/mol. The molecule has 8 heteroatoms. The topological polar surface area (TPSA) is 94.1 Å². The van der Waals surface area contributed by atoms with Crippen molar-refractivity contribution in [2.75, 3.05) is 27.7 Å². The van der Waals surface area contributed by atoms with Crippen LogP contribution in [0.2, 0.25) is 0 Å². The zero-order valence-electron chi connectivity index (χ0n) is 12.5. The van der Waals surface area contributed by atoms with Crippen molar-refractivity contribution in [2.24, 2.45) is 5.84 Å². The first kappa shape index (κ1) is 15.4. The third-order valence-electron chi connectivity index (χ3n) is 3.20. The van der Waals surface area contributed by atoms with E-state index in [2.05, 4.69) is 25.6 Å². The Labute approximate surface area is 123 Å². The average Bonchev–Trinajstić information content (AvgIpc) is 2.90. The first-order valence-corrected chi connectivity index (χ1v) is 6.64. The van der Waals surface area contributed by atoms with Crippen molar-refractivity contribution in [3.8, 4) is 5.75 Å². The minimum atomic E-state index is -0.264. The fraction of sp³-hybridized carbons (Fsp3) is 0.462. The van der Waals surface area contributed by atoms with Crippen molar-refractivity contribution in [3.63, 3.8) is 0 Å². The highest BCUT2D eigenvalue weighted by molar-refractivity contribution is 5.35. The quantitative estimate of drug-likeness (QED) is 0.538. The van der Waals surface area contributed by atoms with Crippen molar-refractivity contribution < 1.29 is 4.74 Å². The second-order valence-electron chi connectivity index (χ2n) is 4.90. The summed E-state index contributed by atoms with van der Waals surface area (Å²) in [6.45, 7) is 1.60. The van der Waals surface area contributed by atoms with E-state index in [1.54, 1.807) is 25.7 Å². The largest absolute Gasteiger partial charge is 0.493 e. The van der Waals surface area contributed by atoms with E-state index in [1.807, 2.05) is 24.8 Å². The molecule has 8 nitrogen and oxygen atoms in total. The molecule has 0 aliphatic heterocycles. The van der Waals surface area contributed by atoms with Gasteiger partial charge in [0.15, 0.2) is 5.75 Å². The molecule has 2 aromatic rings. The van der Waals surface area contributed by atoms with E-state index in [9.17, 15) is 0 Å². The molecule has 114 valence electrons. The predicted octanol–water partition coefficient (Wildman–Crippen LogP) is -0.204. The van der Waals surface area contributed by atoms with Crippen LogP contribution >= 0.6 is 0 Å². The van der Waals surface area contributed by atoms with Gasteiger partial charge in [0.25, 0.3) is 0 Å². The Morgan fingerprint density at radius 1 is 1.38 bits per heavy atom. The van der Waals surface area contributed by atoms with Gasteiger partial charge in [-0.25, -0.2) is 5.43 Å². The highest BCUT2D eigenvalue weighted by Crippen LogP contribution is 2.28. The minimum absolute atomic E-state index is 0.264. The Morgan fingerprint density at radius 3 is 2.76 bits per heavy atom. The lowest BCUT2D eigenvalue weighted by Crippen LogP contribution is -2.32. The molecule has 0 radical (unpaired) electrons. The Balaban J connectivity index is 2.37. The molecule has 1 unspecified atom stereocenters. The number of hydrogen-bond acceptors (Lipinski definition) is 7. The Kier molecular flexibility index (Phi) is 5.20. The molecular weight excluding hydrogens is 270 g/mol. The van der Waals surface area contributed by atoms with Crippen molar-refractivity contribution in [3.05, 3.63) is 35.9 Å². The van der Waals surface area contributed by atoms with Crippen molar-refractivity contribution in [1.82, 2.24) is 30.3 Å². The van der Waals surface area contributed by atoms with Gasteiger partial charge in [-0.3, -0.25) is 10.5 Å². The smallest absolute Gasteiger partial charge is 0.161 e. The molecule has 0 saturated carbocycles. The maximum Gasteiger partial charge on any atom is 0.161 e. The normalized spacial score (nSPS) is 12.6. The van der Waals surface area contributed by atoms with Crippen LogP contribution in [0.5, 0.6) is 5.75 Å². The number of nitrogens with zero attached hydrogens (tertiary/aromatic N) is 5. The number of ether oxygens (including phenoxy) is 1. The van der Waals surface area contributed by atoms with Gasteiger partial charge in [0, 0.05) is 12.7 Å². The molecule has 0 aliphatic carbocycles. The number of likely N-dealkylation sites (N-methyl/N-ethyl adjacent to an activating group) is 1. The van der Waals surface area contributed by atoms with Crippen LogP contribution in [0.15, 0.2) is 24.7 Å². The van der Waals surface area contributed by atoms with E-state index in [4.69, 9.17) is 10.6 Å².